The standard InChI is InChI=1S/C62H104N4O44/c1-14-31(77)39(85)43(89)58(95-14)108-51-30(66-19(6)76)57(103-25(12-72)49(51)106-60-45(91)41(87)33(79)20(7-67)98-60)109-52-35(81)22(9-69)99-61(46(52)92)104-47-23(10-70)101-55(27(37(47)83)63-16(3)73)94-13-26-36(82)50(29(54(93)97-26)65-18(5)75)107-56-28(64-17(4)74)38(84)48(24(11-71)102-56)105-62-53(42(88)34(80)21(8-68)100-62)110-59-44(90)40(86)32(78)15(2)96-59/h14-15,20-62,67-72,77-93H,7-13H2,1-6H3,(H,63,73)(H,64,74)(H,65,75)(H,66,76)/t14-,15-,20+,21+,22+,23+,24+,25+,26+,27+,28+,29+,30+,31+,32+,33-,34-,35-,36-,37+,38+,39+,40+,41-,42-,43-,44-,45+,46+,47+,48+,49+,50+,51+,52-,53+,54-,55+,56-,57-,58-,59-,60-,61-,62-/m0/s1. The maximum absolute atomic E-state index is 13.2. The van der Waals surface area contributed by atoms with Gasteiger partial charge in [0.15, 0.2) is 56.6 Å². The van der Waals surface area contributed by atoms with E-state index in [1.54, 1.807) is 0 Å². The van der Waals surface area contributed by atoms with E-state index in [2.05, 4.69) is 21.3 Å². The molecule has 0 radical (unpaired) electrons. The highest BCUT2D eigenvalue weighted by Gasteiger charge is 2.61. The van der Waals surface area contributed by atoms with E-state index in [0.29, 0.717) is 0 Å². The maximum atomic E-state index is 13.2. The van der Waals surface area contributed by atoms with Crippen molar-refractivity contribution in [2.75, 3.05) is 46.2 Å². The van der Waals surface area contributed by atoms with Gasteiger partial charge in [0.25, 0.3) is 0 Å². The molecule has 9 aliphatic heterocycles. The van der Waals surface area contributed by atoms with Crippen LogP contribution in [-0.4, -0.2) is 463 Å². The minimum atomic E-state index is -2.36. The van der Waals surface area contributed by atoms with Crippen LogP contribution in [0.5, 0.6) is 0 Å². The summed E-state index contributed by atoms with van der Waals surface area (Å²) in [6, 6.07) is -7.39. The van der Waals surface area contributed by atoms with Crippen molar-refractivity contribution in [3.63, 3.8) is 0 Å². The Kier molecular flexibility index (Phi) is 32.0. The predicted octanol–water partition coefficient (Wildman–Crippen LogP) is -18.0. The molecule has 110 heavy (non-hydrogen) atoms. The van der Waals surface area contributed by atoms with Gasteiger partial charge in [-0.3, -0.25) is 19.2 Å². The number of nitrogens with one attached hydrogen (secondary N) is 4. The lowest BCUT2D eigenvalue weighted by Crippen LogP contribution is -2.71. The molecular weight excluding hydrogens is 1500 g/mol. The fourth-order valence-electron chi connectivity index (χ4n) is 14.3. The van der Waals surface area contributed by atoms with E-state index in [-0.39, 0.29) is 0 Å². The molecule has 27 N–H and O–H groups in total. The topological polar surface area (TPSA) is 739 Å². The minimum absolute atomic E-state index is 0.870. The van der Waals surface area contributed by atoms with Crippen molar-refractivity contribution in [3.05, 3.63) is 0 Å². The second-order valence-corrected chi connectivity index (χ2v) is 28.1. The molecule has 0 saturated carbocycles. The number of amides is 4. The summed E-state index contributed by atoms with van der Waals surface area (Å²) in [5.74, 6) is -3.60. The zero-order chi connectivity index (χ0) is 81.1. The minimum Gasteiger partial charge on any atom is -0.394 e. The molecule has 9 saturated heterocycles. The van der Waals surface area contributed by atoms with E-state index in [4.69, 9.17) is 80.5 Å². The molecule has 0 aromatic heterocycles. The second kappa shape index (κ2) is 39.0. The van der Waals surface area contributed by atoms with Gasteiger partial charge in [0.05, 0.1) is 58.5 Å². The summed E-state index contributed by atoms with van der Waals surface area (Å²) in [4.78, 5) is 51.8. The van der Waals surface area contributed by atoms with Crippen molar-refractivity contribution < 1.29 is 217 Å². The average Bonchev–Trinajstić information content (AvgIpc) is 0.766. The third-order valence-electron chi connectivity index (χ3n) is 20.3. The first-order valence-corrected chi connectivity index (χ1v) is 35.3. The van der Waals surface area contributed by atoms with Crippen molar-refractivity contribution in [2.45, 2.75) is 318 Å². The van der Waals surface area contributed by atoms with Crippen LogP contribution >= 0.6 is 0 Å². The molecule has 636 valence electrons. The van der Waals surface area contributed by atoms with E-state index in [1.807, 2.05) is 0 Å². The van der Waals surface area contributed by atoms with Gasteiger partial charge >= 0.3 is 0 Å². The summed E-state index contributed by atoms with van der Waals surface area (Å²) in [5.41, 5.74) is 0. The number of aliphatic hydroxyl groups is 23. The third kappa shape index (κ3) is 19.8. The number of rotatable bonds is 27. The van der Waals surface area contributed by atoms with Crippen LogP contribution in [-0.2, 0) is 99.7 Å². The Bertz CT molecular complexity index is 2930. The summed E-state index contributed by atoms with van der Waals surface area (Å²) in [6.45, 7) is -0.895. The molecule has 4 amide bonds. The molecule has 9 heterocycles. The molecule has 0 aromatic rings. The quantitative estimate of drug-likeness (QED) is 0.0363. The van der Waals surface area contributed by atoms with Gasteiger partial charge in [-0.15, -0.1) is 0 Å². The summed E-state index contributed by atoms with van der Waals surface area (Å²) < 4.78 is 101. The third-order valence-corrected chi connectivity index (χ3v) is 20.3. The van der Waals surface area contributed by atoms with E-state index < -0.39 is 346 Å². The number of ether oxygens (including phenoxy) is 17. The number of hydrogen-bond donors (Lipinski definition) is 27. The Morgan fingerprint density at radius 1 is 0.255 bits per heavy atom. The lowest BCUT2D eigenvalue weighted by atomic mass is 9.93. The van der Waals surface area contributed by atoms with Crippen molar-refractivity contribution in [1.82, 2.24) is 21.3 Å². The van der Waals surface area contributed by atoms with Gasteiger partial charge in [0, 0.05) is 27.7 Å². The molecule has 0 aromatic carbocycles. The van der Waals surface area contributed by atoms with Crippen LogP contribution in [0.3, 0.4) is 0 Å². The van der Waals surface area contributed by atoms with Gasteiger partial charge < -0.3 is 219 Å². The second-order valence-electron chi connectivity index (χ2n) is 28.1. The van der Waals surface area contributed by atoms with Crippen molar-refractivity contribution >= 4 is 23.6 Å². The van der Waals surface area contributed by atoms with Crippen molar-refractivity contribution in [2.24, 2.45) is 0 Å². The lowest BCUT2D eigenvalue weighted by molar-refractivity contribution is -0.390. The van der Waals surface area contributed by atoms with Gasteiger partial charge in [-0.05, 0) is 13.8 Å². The lowest BCUT2D eigenvalue weighted by Gasteiger charge is -2.52. The van der Waals surface area contributed by atoms with Crippen LogP contribution < -0.4 is 21.3 Å². The number of aliphatic hydroxyl groups excluding tert-OH is 23. The van der Waals surface area contributed by atoms with Crippen molar-refractivity contribution in [3.8, 4) is 0 Å². The predicted molar refractivity (Wildman–Crippen MR) is 341 cm³/mol. The molecule has 0 unspecified atom stereocenters. The summed E-state index contributed by atoms with van der Waals surface area (Å²) in [7, 11) is 0. The zero-order valence-electron chi connectivity index (χ0n) is 59.8. The van der Waals surface area contributed by atoms with Gasteiger partial charge in [-0.25, -0.2) is 0 Å². The molecule has 9 aliphatic rings. The van der Waals surface area contributed by atoms with E-state index >= 15 is 0 Å². The van der Waals surface area contributed by atoms with Crippen LogP contribution in [0.25, 0.3) is 0 Å². The highest BCUT2D eigenvalue weighted by molar-refractivity contribution is 5.74. The highest BCUT2D eigenvalue weighted by Crippen LogP contribution is 2.40. The molecule has 45 atom stereocenters. The Labute approximate surface area is 624 Å². The fourth-order valence-corrected chi connectivity index (χ4v) is 14.3. The Morgan fingerprint density at radius 2 is 0.573 bits per heavy atom. The molecule has 0 bridgehead atoms. The summed E-state index contributed by atoms with van der Waals surface area (Å²) in [5, 5.41) is 264. The average molecular weight is 1610 g/mol. The normalized spacial score (nSPS) is 49.6. The molecular formula is C62H104N4O44. The number of carbonyl (C=O) groups excluding carboxylic acids is 4. The Hall–Kier alpha value is -3.72. The Morgan fingerprint density at radius 3 is 1.05 bits per heavy atom. The number of hydrogen-bond acceptors (Lipinski definition) is 44. The SMILES string of the molecule is CC(=O)N[C@@H]1[C@@H](O[C@@H]2O[C@H](CO)[C@@H](O[C@@H]3O[C@H](CO)[C@H](O)[C@H](O)[C@H]3O[C@@H]3O[C@@H](C)[C@@H](O)[C@@H](O)[C@@H]3O)[C@H](O)[C@H]2NC(C)=O)[C@@H](O)[C@@H](CO[C@@H]2O[C@H](CO)[C@@H](O[C@@H]3O[C@H](CO)[C@H](O)[C@H](O[C@@H]4O[C@H](CO)[C@@H](O[C@@H]5O[C@H](CO)[C@H](O)[C@H](O)[C@H]5O)[C@H](O[C@@H]5O[C@@H](C)[C@@H](O)[C@@H](O)[C@@H]5O)[C@H]4NC(C)=O)[C@H]3O)[C@H](O)[C@H]2NC(C)=O)O[C@@H]1O. The number of carbonyl (C=O) groups is 4. The van der Waals surface area contributed by atoms with Crippen LogP contribution in [0.2, 0.25) is 0 Å². The maximum Gasteiger partial charge on any atom is 0.217 e. The highest BCUT2D eigenvalue weighted by atomic mass is 16.8. The van der Waals surface area contributed by atoms with E-state index in [0.717, 1.165) is 27.7 Å². The van der Waals surface area contributed by atoms with Crippen LogP contribution in [0.1, 0.15) is 41.5 Å². The smallest absolute Gasteiger partial charge is 0.217 e. The van der Waals surface area contributed by atoms with E-state index in [9.17, 15) is 137 Å². The van der Waals surface area contributed by atoms with Gasteiger partial charge in [0.2, 0.25) is 23.6 Å². The molecule has 0 aliphatic carbocycles. The monoisotopic (exact) mass is 1610 g/mol. The summed E-state index contributed by atoms with van der Waals surface area (Å²) >= 11 is 0. The largest absolute Gasteiger partial charge is 0.394 e. The first-order chi connectivity index (χ1) is 51.9. The first kappa shape index (κ1) is 90.2. The van der Waals surface area contributed by atoms with Crippen LogP contribution in [0.15, 0.2) is 0 Å². The van der Waals surface area contributed by atoms with Crippen molar-refractivity contribution in [1.29, 1.82) is 0 Å². The Balaban J connectivity index is 0.930. The van der Waals surface area contributed by atoms with Crippen LogP contribution in [0.4, 0.5) is 0 Å². The summed E-state index contributed by atoms with van der Waals surface area (Å²) in [6.07, 6.45) is -79.6. The first-order valence-electron chi connectivity index (χ1n) is 35.3. The van der Waals surface area contributed by atoms with Gasteiger partial charge in [0.1, 0.15) is 207 Å². The van der Waals surface area contributed by atoms with E-state index in [1.165, 1.54) is 13.8 Å². The van der Waals surface area contributed by atoms with Gasteiger partial charge in [-0.1, -0.05) is 0 Å². The molecule has 48 nitrogen and oxygen atoms in total. The zero-order valence-corrected chi connectivity index (χ0v) is 59.8. The van der Waals surface area contributed by atoms with Gasteiger partial charge in [-0.2, -0.15) is 0 Å². The molecule has 9 rings (SSSR count). The molecule has 0 spiro atoms. The van der Waals surface area contributed by atoms with Crippen LogP contribution in [0, 0.1) is 0 Å². The fraction of sp³-hybridized carbons (Fsp3) is 0.935. The molecule has 48 heteroatoms. The molecule has 9 fully saturated rings.